The van der Waals surface area contributed by atoms with Gasteiger partial charge in [-0.15, -0.1) is 0 Å². The summed E-state index contributed by atoms with van der Waals surface area (Å²) in [4.78, 5) is 24.0. The maximum atomic E-state index is 12.5. The van der Waals surface area contributed by atoms with Crippen LogP contribution >= 0.6 is 0 Å². The Hall–Kier alpha value is -2.87. The van der Waals surface area contributed by atoms with Crippen LogP contribution in [-0.4, -0.2) is 39.2 Å². The van der Waals surface area contributed by atoms with Gasteiger partial charge < -0.3 is 14.8 Å². The number of sulfone groups is 1. The largest absolute Gasteiger partial charge is 0.462 e. The first-order chi connectivity index (χ1) is 14.1. The zero-order valence-electron chi connectivity index (χ0n) is 17.4. The van der Waals surface area contributed by atoms with Gasteiger partial charge in [0, 0.05) is 6.54 Å². The molecule has 0 radical (unpaired) electrons. The number of alkyl carbamates (subject to hydrolysis) is 1. The quantitative estimate of drug-likeness (QED) is 0.503. The van der Waals surface area contributed by atoms with Crippen molar-refractivity contribution in [2.24, 2.45) is 0 Å². The minimum Gasteiger partial charge on any atom is -0.462 e. The molecule has 0 aliphatic rings. The van der Waals surface area contributed by atoms with Crippen molar-refractivity contribution in [2.45, 2.75) is 43.4 Å². The average molecular weight is 434 g/mol. The number of hydrogen-bond donors (Lipinski definition) is 1. The van der Waals surface area contributed by atoms with E-state index in [4.69, 9.17) is 9.47 Å². The van der Waals surface area contributed by atoms with Crippen molar-refractivity contribution in [2.75, 3.05) is 13.2 Å². The van der Waals surface area contributed by atoms with Crippen molar-refractivity contribution in [1.29, 1.82) is 0 Å². The zero-order valence-corrected chi connectivity index (χ0v) is 18.2. The van der Waals surface area contributed by atoms with Gasteiger partial charge in [-0.2, -0.15) is 0 Å². The third kappa shape index (κ3) is 7.87. The summed E-state index contributed by atoms with van der Waals surface area (Å²) < 4.78 is 35.3. The van der Waals surface area contributed by atoms with Gasteiger partial charge in [0.15, 0.2) is 9.84 Å². The first-order valence-electron chi connectivity index (χ1n) is 9.57. The van der Waals surface area contributed by atoms with Crippen molar-refractivity contribution in [3.05, 3.63) is 65.7 Å². The summed E-state index contributed by atoms with van der Waals surface area (Å²) in [5, 5.41) is 2.58. The molecule has 2 aromatic carbocycles. The number of esters is 1. The maximum absolute atomic E-state index is 12.5. The van der Waals surface area contributed by atoms with Crippen LogP contribution in [-0.2, 0) is 25.1 Å². The van der Waals surface area contributed by atoms with E-state index in [2.05, 4.69) is 5.32 Å². The molecule has 0 aliphatic carbocycles. The Bertz CT molecular complexity index is 965. The first-order valence-corrected chi connectivity index (χ1v) is 11.2. The number of carbonyl (C=O) groups excluding carboxylic acids is 2. The summed E-state index contributed by atoms with van der Waals surface area (Å²) >= 11 is 0. The van der Waals surface area contributed by atoms with E-state index in [1.54, 1.807) is 69.3 Å². The van der Waals surface area contributed by atoms with Crippen LogP contribution in [0.15, 0.2) is 59.5 Å². The van der Waals surface area contributed by atoms with Crippen molar-refractivity contribution < 1.29 is 27.5 Å². The van der Waals surface area contributed by atoms with E-state index in [0.717, 1.165) is 0 Å². The van der Waals surface area contributed by atoms with Crippen LogP contribution < -0.4 is 5.32 Å². The fourth-order valence-electron chi connectivity index (χ4n) is 2.54. The third-order valence-electron chi connectivity index (χ3n) is 3.84. The fourth-order valence-corrected chi connectivity index (χ4v) is 3.90. The van der Waals surface area contributed by atoms with Crippen LogP contribution in [0.1, 0.15) is 43.1 Å². The zero-order chi connectivity index (χ0) is 22.2. The SMILES string of the molecule is CC(C)(C)OC(=O)NCCCOC(=O)c1cccc(CS(=O)(=O)c2ccccc2)c1. The molecule has 0 saturated heterocycles. The lowest BCUT2D eigenvalue weighted by atomic mass is 10.1. The molecule has 8 heteroatoms. The van der Waals surface area contributed by atoms with E-state index in [9.17, 15) is 18.0 Å². The monoisotopic (exact) mass is 433 g/mol. The van der Waals surface area contributed by atoms with E-state index < -0.39 is 27.5 Å². The molecule has 0 heterocycles. The van der Waals surface area contributed by atoms with Gasteiger partial charge in [-0.05, 0) is 57.0 Å². The molecule has 0 aliphatic heterocycles. The second kappa shape index (κ2) is 10.2. The first kappa shape index (κ1) is 23.4. The molecule has 0 fully saturated rings. The van der Waals surface area contributed by atoms with Crippen molar-refractivity contribution >= 4 is 21.9 Å². The Morgan fingerprint density at radius 2 is 1.70 bits per heavy atom. The average Bonchev–Trinajstić information content (AvgIpc) is 2.67. The normalized spacial score (nSPS) is 11.6. The Morgan fingerprint density at radius 1 is 1.00 bits per heavy atom. The van der Waals surface area contributed by atoms with Crippen LogP contribution in [0.2, 0.25) is 0 Å². The Labute approximate surface area is 177 Å². The third-order valence-corrected chi connectivity index (χ3v) is 5.55. The molecule has 1 N–H and O–H groups in total. The van der Waals surface area contributed by atoms with Gasteiger partial charge >= 0.3 is 12.1 Å². The molecule has 0 aromatic heterocycles. The van der Waals surface area contributed by atoms with E-state index in [-0.39, 0.29) is 22.8 Å². The molecule has 0 bridgehead atoms. The lowest BCUT2D eigenvalue weighted by molar-refractivity contribution is 0.0483. The lowest BCUT2D eigenvalue weighted by Gasteiger charge is -2.19. The van der Waals surface area contributed by atoms with Crippen molar-refractivity contribution in [1.82, 2.24) is 5.32 Å². The highest BCUT2D eigenvalue weighted by atomic mass is 32.2. The van der Waals surface area contributed by atoms with Crippen LogP contribution in [0, 0.1) is 0 Å². The molecule has 0 saturated carbocycles. The molecule has 0 unspecified atom stereocenters. The summed E-state index contributed by atoms with van der Waals surface area (Å²) in [6.07, 6.45) is -0.103. The Balaban J connectivity index is 1.84. The summed E-state index contributed by atoms with van der Waals surface area (Å²) in [6.45, 7) is 5.73. The molecule has 2 rings (SSSR count). The second-order valence-electron chi connectivity index (χ2n) is 7.69. The fraction of sp³-hybridized carbons (Fsp3) is 0.364. The minimum atomic E-state index is -3.51. The predicted octanol–water partition coefficient (Wildman–Crippen LogP) is 3.73. The molecule has 7 nitrogen and oxygen atoms in total. The van der Waals surface area contributed by atoms with Crippen LogP contribution in [0.3, 0.4) is 0 Å². The minimum absolute atomic E-state index is 0.112. The number of hydrogen-bond acceptors (Lipinski definition) is 6. The summed E-state index contributed by atoms with van der Waals surface area (Å²) in [5.74, 6) is -0.760. The van der Waals surface area contributed by atoms with Gasteiger partial charge in [0.2, 0.25) is 0 Å². The molecular formula is C22H27NO6S. The summed E-state index contributed by atoms with van der Waals surface area (Å²) in [6, 6.07) is 14.5. The molecule has 0 spiro atoms. The molecule has 30 heavy (non-hydrogen) atoms. The molecule has 162 valence electrons. The number of carbonyl (C=O) groups is 2. The summed E-state index contributed by atoms with van der Waals surface area (Å²) in [5.41, 5.74) is 0.200. The number of amides is 1. The standard InChI is InChI=1S/C22H27NO6S/c1-22(2,3)29-21(25)23-13-8-14-28-20(24)18-10-7-9-17(15-18)16-30(26,27)19-11-5-4-6-12-19/h4-7,9-12,15H,8,13-14,16H2,1-3H3,(H,23,25). The molecule has 1 amide bonds. The van der Waals surface area contributed by atoms with Gasteiger partial charge in [0.1, 0.15) is 5.60 Å². The number of rotatable bonds is 8. The highest BCUT2D eigenvalue weighted by Crippen LogP contribution is 2.17. The van der Waals surface area contributed by atoms with Crippen molar-refractivity contribution in [3.8, 4) is 0 Å². The van der Waals surface area contributed by atoms with Gasteiger partial charge in [-0.3, -0.25) is 0 Å². The molecule has 2 aromatic rings. The van der Waals surface area contributed by atoms with Crippen LogP contribution in [0.5, 0.6) is 0 Å². The van der Waals surface area contributed by atoms with E-state index in [1.165, 1.54) is 6.07 Å². The number of benzene rings is 2. The Morgan fingerprint density at radius 3 is 2.37 bits per heavy atom. The number of nitrogens with one attached hydrogen (secondary N) is 1. The Kier molecular flexibility index (Phi) is 8.00. The predicted molar refractivity (Wildman–Crippen MR) is 113 cm³/mol. The van der Waals surface area contributed by atoms with Crippen LogP contribution in [0.4, 0.5) is 4.79 Å². The maximum Gasteiger partial charge on any atom is 0.407 e. The smallest absolute Gasteiger partial charge is 0.407 e. The van der Waals surface area contributed by atoms with Gasteiger partial charge in [0.25, 0.3) is 0 Å². The number of ether oxygens (including phenoxy) is 2. The van der Waals surface area contributed by atoms with Gasteiger partial charge in [-0.25, -0.2) is 18.0 Å². The van der Waals surface area contributed by atoms with Crippen molar-refractivity contribution in [3.63, 3.8) is 0 Å². The van der Waals surface area contributed by atoms with Crippen LogP contribution in [0.25, 0.3) is 0 Å². The highest BCUT2D eigenvalue weighted by Gasteiger charge is 2.17. The summed E-state index contributed by atoms with van der Waals surface area (Å²) in [7, 11) is -3.51. The van der Waals surface area contributed by atoms with Gasteiger partial charge in [-0.1, -0.05) is 30.3 Å². The molecule has 0 atom stereocenters. The van der Waals surface area contributed by atoms with E-state index in [1.807, 2.05) is 0 Å². The highest BCUT2D eigenvalue weighted by molar-refractivity contribution is 7.90. The second-order valence-corrected chi connectivity index (χ2v) is 9.68. The van der Waals surface area contributed by atoms with Gasteiger partial charge in [0.05, 0.1) is 22.8 Å². The molecular weight excluding hydrogens is 406 g/mol. The lowest BCUT2D eigenvalue weighted by Crippen LogP contribution is -2.33. The van der Waals surface area contributed by atoms with E-state index in [0.29, 0.717) is 18.5 Å². The van der Waals surface area contributed by atoms with E-state index >= 15 is 0 Å². The topological polar surface area (TPSA) is 98.8 Å².